The van der Waals surface area contributed by atoms with E-state index >= 15 is 0 Å². The van der Waals surface area contributed by atoms with Gasteiger partial charge in [0, 0.05) is 30.7 Å². The number of ether oxygens (including phenoxy) is 5. The molecule has 3 aromatic rings. The smallest absolute Gasteiger partial charge is 0.199 e. The Morgan fingerprint density at radius 3 is 2.39 bits per heavy atom. The van der Waals surface area contributed by atoms with Crippen molar-refractivity contribution in [3.05, 3.63) is 89.0 Å². The summed E-state index contributed by atoms with van der Waals surface area (Å²) in [6.07, 6.45) is 11.2. The van der Waals surface area contributed by atoms with Crippen molar-refractivity contribution in [2.45, 2.75) is 83.0 Å². The molecular weight excluding hydrogens is 572 g/mol. The molecule has 0 N–H and O–H groups in total. The molecule has 0 amide bonds. The molecule has 234 valence electrons. The highest BCUT2D eigenvalue weighted by molar-refractivity contribution is 6.17. The van der Waals surface area contributed by atoms with Gasteiger partial charge in [0.05, 0.1) is 26.4 Å². The molecule has 1 atom stereocenters. The Balaban J connectivity index is 1.35. The summed E-state index contributed by atoms with van der Waals surface area (Å²) < 4.78 is 30.5. The minimum Gasteiger partial charge on any atom is -0.494 e. The first-order valence-corrected chi connectivity index (χ1v) is 17.1. The van der Waals surface area contributed by atoms with Gasteiger partial charge in [-0.25, -0.2) is 0 Å². The molecular formula is C38H45ClO5. The first-order valence-electron chi connectivity index (χ1n) is 16.6. The number of allylic oxidation sites excluding steroid dienone is 1. The van der Waals surface area contributed by atoms with Crippen molar-refractivity contribution in [1.82, 2.24) is 0 Å². The van der Waals surface area contributed by atoms with Crippen LogP contribution in [0.25, 0.3) is 11.1 Å². The van der Waals surface area contributed by atoms with Gasteiger partial charge < -0.3 is 23.7 Å². The maximum atomic E-state index is 6.67. The summed E-state index contributed by atoms with van der Waals surface area (Å²) in [4.78, 5) is 0. The number of rotatable bonds is 12. The summed E-state index contributed by atoms with van der Waals surface area (Å²) >= 11 is 5.83. The Bertz CT molecular complexity index is 1370. The first kappa shape index (κ1) is 31.0. The molecule has 0 saturated carbocycles. The number of para-hydroxylation sites is 1. The number of benzene rings is 3. The monoisotopic (exact) mass is 616 g/mol. The Morgan fingerprint density at radius 2 is 1.57 bits per heavy atom. The lowest BCUT2D eigenvalue weighted by atomic mass is 9.87. The maximum absolute atomic E-state index is 6.67. The van der Waals surface area contributed by atoms with Crippen LogP contribution in [0.3, 0.4) is 0 Å². The highest BCUT2D eigenvalue weighted by atomic mass is 35.5. The van der Waals surface area contributed by atoms with Crippen LogP contribution in [0.4, 0.5) is 0 Å². The van der Waals surface area contributed by atoms with Gasteiger partial charge >= 0.3 is 0 Å². The summed E-state index contributed by atoms with van der Waals surface area (Å²) in [6, 6.07) is 23.8. The van der Waals surface area contributed by atoms with Gasteiger partial charge in [0.1, 0.15) is 23.4 Å². The number of hydrogen-bond donors (Lipinski definition) is 0. The van der Waals surface area contributed by atoms with E-state index in [1.54, 1.807) is 0 Å². The third kappa shape index (κ3) is 7.99. The molecule has 6 rings (SSSR count). The Hall–Kier alpha value is -2.99. The molecule has 0 bridgehead atoms. The van der Waals surface area contributed by atoms with Crippen LogP contribution in [-0.4, -0.2) is 44.7 Å². The van der Waals surface area contributed by atoms with Gasteiger partial charge in [-0.3, -0.25) is 0 Å². The zero-order valence-corrected chi connectivity index (χ0v) is 26.5. The van der Waals surface area contributed by atoms with Crippen LogP contribution < -0.4 is 14.2 Å². The van der Waals surface area contributed by atoms with E-state index < -0.39 is 0 Å². The molecule has 0 spiro atoms. The van der Waals surface area contributed by atoms with Crippen LogP contribution in [0.1, 0.15) is 86.5 Å². The topological polar surface area (TPSA) is 46.2 Å². The minimum absolute atomic E-state index is 0.158. The maximum Gasteiger partial charge on any atom is 0.199 e. The van der Waals surface area contributed by atoms with E-state index in [1.807, 2.05) is 0 Å². The molecule has 1 aliphatic carbocycles. The van der Waals surface area contributed by atoms with Gasteiger partial charge in [-0.1, -0.05) is 36.4 Å². The van der Waals surface area contributed by atoms with Gasteiger partial charge in [-0.2, -0.15) is 0 Å². The zero-order valence-electron chi connectivity index (χ0n) is 25.7. The third-order valence-corrected chi connectivity index (χ3v) is 9.06. The third-order valence-electron chi connectivity index (χ3n) is 8.79. The van der Waals surface area contributed by atoms with Crippen LogP contribution in [0.2, 0.25) is 0 Å². The lowest BCUT2D eigenvalue weighted by Crippen LogP contribution is -2.26. The number of halogens is 1. The summed E-state index contributed by atoms with van der Waals surface area (Å²) in [7, 11) is 0. The van der Waals surface area contributed by atoms with Gasteiger partial charge in [-0.05, 0) is 110 Å². The predicted molar refractivity (Wildman–Crippen MR) is 177 cm³/mol. The van der Waals surface area contributed by atoms with Crippen LogP contribution >= 0.6 is 11.6 Å². The number of aryl methyl sites for hydroxylation is 1. The number of hydrogen-bond acceptors (Lipinski definition) is 5. The summed E-state index contributed by atoms with van der Waals surface area (Å²) in [5.74, 6) is 3.45. The Kier molecular flexibility index (Phi) is 11.2. The van der Waals surface area contributed by atoms with Crippen molar-refractivity contribution in [1.29, 1.82) is 0 Å². The fraction of sp³-hybridized carbons (Fsp3) is 0.474. The van der Waals surface area contributed by atoms with E-state index in [4.69, 9.17) is 35.3 Å². The van der Waals surface area contributed by atoms with Gasteiger partial charge in [0.15, 0.2) is 6.29 Å². The van der Waals surface area contributed by atoms with Crippen LogP contribution in [0.5, 0.6) is 17.2 Å². The molecule has 44 heavy (non-hydrogen) atoms. The van der Waals surface area contributed by atoms with Crippen LogP contribution in [-0.2, 0) is 15.9 Å². The zero-order chi connectivity index (χ0) is 30.0. The average Bonchev–Trinajstić information content (AvgIpc) is 3.25. The van der Waals surface area contributed by atoms with E-state index in [0.717, 1.165) is 108 Å². The molecule has 2 aliphatic heterocycles. The molecule has 6 heteroatoms. The fourth-order valence-electron chi connectivity index (χ4n) is 6.47. The standard InChI is InChI=1S/C38H45ClO5/c39-22-5-1-6-23-41-30-16-14-28(15-17-30)38-33-19-18-32(44-37-13-4-7-24-42-37)27-29(33)9-8-11-35(38)34-10-2-3-12-36(34)43-31-20-25-40-26-21-31/h2-3,10,12,14-19,27,31,37H,1,4-9,11,13,20-26H2. The van der Waals surface area contributed by atoms with Crippen LogP contribution in [0.15, 0.2) is 66.7 Å². The highest BCUT2D eigenvalue weighted by Crippen LogP contribution is 2.44. The molecule has 2 heterocycles. The Labute approximate surface area is 267 Å². The minimum atomic E-state index is -0.158. The van der Waals surface area contributed by atoms with Gasteiger partial charge in [-0.15, -0.1) is 11.6 Å². The summed E-state index contributed by atoms with van der Waals surface area (Å²) in [5.41, 5.74) is 7.51. The van der Waals surface area contributed by atoms with Gasteiger partial charge in [0.2, 0.25) is 0 Å². The number of alkyl halides is 1. The van der Waals surface area contributed by atoms with Crippen molar-refractivity contribution in [2.24, 2.45) is 0 Å². The lowest BCUT2D eigenvalue weighted by molar-refractivity contribution is -0.105. The molecule has 1 unspecified atom stereocenters. The second-order valence-corrected chi connectivity index (χ2v) is 12.4. The van der Waals surface area contributed by atoms with Crippen molar-refractivity contribution in [3.8, 4) is 17.2 Å². The predicted octanol–water partition coefficient (Wildman–Crippen LogP) is 9.23. The SMILES string of the molecule is ClCCCCCOc1ccc(C2=C(c3ccccc3OC3CCOCC3)CCCc3cc(OC4CCCCO4)ccc32)cc1. The van der Waals surface area contributed by atoms with E-state index in [9.17, 15) is 0 Å². The van der Waals surface area contributed by atoms with E-state index in [1.165, 1.54) is 33.4 Å². The summed E-state index contributed by atoms with van der Waals surface area (Å²) in [6.45, 7) is 2.99. The molecule has 0 aromatic heterocycles. The molecule has 0 radical (unpaired) electrons. The van der Waals surface area contributed by atoms with E-state index in [2.05, 4.69) is 66.7 Å². The second kappa shape index (κ2) is 15.8. The number of fused-ring (bicyclic) bond motifs is 1. The Morgan fingerprint density at radius 1 is 0.727 bits per heavy atom. The molecule has 3 aromatic carbocycles. The average molecular weight is 617 g/mol. The molecule has 5 nitrogen and oxygen atoms in total. The van der Waals surface area contributed by atoms with Crippen molar-refractivity contribution >= 4 is 22.7 Å². The van der Waals surface area contributed by atoms with E-state index in [-0.39, 0.29) is 12.4 Å². The quantitative estimate of drug-likeness (QED) is 0.150. The fourth-order valence-corrected chi connectivity index (χ4v) is 6.65. The first-order chi connectivity index (χ1) is 21.8. The second-order valence-electron chi connectivity index (χ2n) is 12.0. The number of unbranched alkanes of at least 4 members (excludes halogenated alkanes) is 2. The van der Waals surface area contributed by atoms with Crippen molar-refractivity contribution < 1.29 is 23.7 Å². The van der Waals surface area contributed by atoms with Crippen molar-refractivity contribution in [3.63, 3.8) is 0 Å². The van der Waals surface area contributed by atoms with Gasteiger partial charge in [0.25, 0.3) is 0 Å². The summed E-state index contributed by atoms with van der Waals surface area (Å²) in [5, 5.41) is 0. The van der Waals surface area contributed by atoms with Crippen molar-refractivity contribution in [2.75, 3.05) is 32.3 Å². The highest BCUT2D eigenvalue weighted by Gasteiger charge is 2.25. The van der Waals surface area contributed by atoms with Crippen LogP contribution in [0, 0.1) is 0 Å². The molecule has 3 aliphatic rings. The molecule has 2 saturated heterocycles. The largest absolute Gasteiger partial charge is 0.494 e. The lowest BCUT2D eigenvalue weighted by Gasteiger charge is -2.26. The normalized spacial score (nSPS) is 19.2. The van der Waals surface area contributed by atoms with E-state index in [0.29, 0.717) is 12.5 Å². The molecule has 2 fully saturated rings.